The van der Waals surface area contributed by atoms with E-state index in [0.29, 0.717) is 19.5 Å². The van der Waals surface area contributed by atoms with Crippen LogP contribution in [0.3, 0.4) is 0 Å². The second-order valence-electron chi connectivity index (χ2n) is 11.1. The molecule has 212 valence electrons. The summed E-state index contributed by atoms with van der Waals surface area (Å²) in [6.07, 6.45) is 22.4. The van der Waals surface area contributed by atoms with Crippen molar-refractivity contribution in [3.63, 3.8) is 0 Å². The lowest BCUT2D eigenvalue weighted by Gasteiger charge is -2.22. The van der Waals surface area contributed by atoms with E-state index < -0.39 is 0 Å². The van der Waals surface area contributed by atoms with Crippen LogP contribution in [0.25, 0.3) is 0 Å². The van der Waals surface area contributed by atoms with E-state index in [1.54, 1.807) is 6.26 Å². The molecule has 2 N–H and O–H groups in total. The Balaban J connectivity index is 1.31. The van der Waals surface area contributed by atoms with Crippen molar-refractivity contribution in [2.75, 3.05) is 13.2 Å². The first kappa shape index (κ1) is 30.3. The number of ether oxygens (including phenoxy) is 1. The summed E-state index contributed by atoms with van der Waals surface area (Å²) < 4.78 is 11.3. The minimum Gasteiger partial charge on any atom is -0.493 e. The highest BCUT2D eigenvalue weighted by molar-refractivity contribution is 5.76. The molecular weight excluding hydrogens is 472 g/mol. The normalized spacial score (nSPS) is 13.6. The second kappa shape index (κ2) is 18.9. The molecule has 5 heteroatoms. The van der Waals surface area contributed by atoms with Crippen molar-refractivity contribution in [2.45, 2.75) is 129 Å². The van der Waals surface area contributed by atoms with Gasteiger partial charge in [0.05, 0.1) is 19.4 Å². The number of fused-ring (bicyclic) bond motifs is 1. The number of carbonyl (C=O) groups excluding carboxylic acids is 1. The monoisotopic (exact) mass is 524 g/mol. The molecule has 1 aliphatic rings. The molecule has 0 aliphatic carbocycles. The Morgan fingerprint density at radius 3 is 2.32 bits per heavy atom. The van der Waals surface area contributed by atoms with Crippen LogP contribution in [-0.2, 0) is 24.2 Å². The number of amides is 1. The first-order valence-corrected chi connectivity index (χ1v) is 15.5. The summed E-state index contributed by atoms with van der Waals surface area (Å²) in [7, 11) is 0. The largest absolute Gasteiger partial charge is 0.493 e. The quantitative estimate of drug-likeness (QED) is 0.163. The molecule has 1 aliphatic heterocycles. The topological polar surface area (TPSA) is 63.5 Å². The molecule has 1 amide bonds. The van der Waals surface area contributed by atoms with Gasteiger partial charge in [-0.3, -0.25) is 4.79 Å². The van der Waals surface area contributed by atoms with Gasteiger partial charge in [-0.1, -0.05) is 96.1 Å². The van der Waals surface area contributed by atoms with E-state index in [1.165, 1.54) is 81.8 Å². The van der Waals surface area contributed by atoms with Gasteiger partial charge >= 0.3 is 0 Å². The number of hydrogen-bond acceptors (Lipinski definition) is 4. The molecule has 38 heavy (non-hydrogen) atoms. The smallest absolute Gasteiger partial charge is 0.220 e. The maximum absolute atomic E-state index is 12.8. The summed E-state index contributed by atoms with van der Waals surface area (Å²) in [5.74, 6) is 2.07. The Bertz CT molecular complexity index is 880. The highest BCUT2D eigenvalue weighted by Crippen LogP contribution is 2.26. The van der Waals surface area contributed by atoms with E-state index in [9.17, 15) is 4.79 Å². The minimum absolute atomic E-state index is 0.0288. The van der Waals surface area contributed by atoms with Gasteiger partial charge in [0.15, 0.2) is 0 Å². The third-order valence-corrected chi connectivity index (χ3v) is 7.60. The van der Waals surface area contributed by atoms with Gasteiger partial charge in [0.2, 0.25) is 5.91 Å². The number of benzene rings is 1. The number of carbonyl (C=O) groups is 1. The lowest BCUT2D eigenvalue weighted by Crippen LogP contribution is -2.43. The molecule has 2 heterocycles. The predicted octanol–water partition coefficient (Wildman–Crippen LogP) is 7.90. The standard InChI is InChI=1S/C33H52N2O3/c1-2-3-4-5-6-7-8-9-10-11-12-13-14-19-33(36)35-30(26-34-27-31-18-16-22-37-31)24-28-20-21-29-17-15-23-38-32(29)25-28/h16,18,20-22,25,30,34H,2-15,17,19,23-24,26-27H2,1H3,(H,35,36). The number of furan rings is 1. The minimum atomic E-state index is 0.0288. The molecule has 1 aromatic heterocycles. The van der Waals surface area contributed by atoms with E-state index in [0.717, 1.165) is 50.2 Å². The molecule has 0 fully saturated rings. The Morgan fingerprint density at radius 1 is 0.921 bits per heavy atom. The van der Waals surface area contributed by atoms with E-state index >= 15 is 0 Å². The molecule has 0 saturated heterocycles. The van der Waals surface area contributed by atoms with E-state index in [-0.39, 0.29) is 11.9 Å². The molecule has 1 atom stereocenters. The van der Waals surface area contributed by atoms with Crippen molar-refractivity contribution in [3.05, 3.63) is 53.5 Å². The number of aryl methyl sites for hydroxylation is 1. The number of nitrogens with one attached hydrogen (secondary N) is 2. The van der Waals surface area contributed by atoms with Crippen molar-refractivity contribution in [2.24, 2.45) is 0 Å². The number of unbranched alkanes of at least 4 members (excludes halogenated alkanes) is 12. The third-order valence-electron chi connectivity index (χ3n) is 7.60. The van der Waals surface area contributed by atoms with Gasteiger partial charge in [-0.15, -0.1) is 0 Å². The predicted molar refractivity (Wildman–Crippen MR) is 157 cm³/mol. The maximum atomic E-state index is 12.8. The third kappa shape index (κ3) is 12.5. The molecule has 5 nitrogen and oxygen atoms in total. The Labute approximate surface area is 231 Å². The Hall–Kier alpha value is -2.27. The summed E-state index contributed by atoms with van der Waals surface area (Å²) in [4.78, 5) is 12.8. The Morgan fingerprint density at radius 2 is 1.63 bits per heavy atom. The van der Waals surface area contributed by atoms with E-state index in [2.05, 4.69) is 35.8 Å². The van der Waals surface area contributed by atoms with E-state index in [4.69, 9.17) is 9.15 Å². The summed E-state index contributed by atoms with van der Waals surface area (Å²) >= 11 is 0. The van der Waals surface area contributed by atoms with Crippen molar-refractivity contribution in [3.8, 4) is 5.75 Å². The van der Waals surface area contributed by atoms with Crippen LogP contribution in [0.15, 0.2) is 41.0 Å². The van der Waals surface area contributed by atoms with Gasteiger partial charge in [-0.25, -0.2) is 0 Å². The van der Waals surface area contributed by atoms with E-state index in [1.807, 2.05) is 12.1 Å². The van der Waals surface area contributed by atoms with Crippen LogP contribution in [0.5, 0.6) is 5.75 Å². The first-order valence-electron chi connectivity index (χ1n) is 15.5. The average molecular weight is 525 g/mol. The summed E-state index contributed by atoms with van der Waals surface area (Å²) in [6.45, 7) is 4.42. The lowest BCUT2D eigenvalue weighted by atomic mass is 9.99. The SMILES string of the molecule is CCCCCCCCCCCCCCCC(=O)NC(CNCc1ccco1)Cc1ccc2c(c1)OCCC2. The highest BCUT2D eigenvalue weighted by Gasteiger charge is 2.16. The van der Waals surface area contributed by atoms with Crippen LogP contribution < -0.4 is 15.4 Å². The molecular formula is C33H52N2O3. The zero-order valence-corrected chi connectivity index (χ0v) is 23.9. The number of rotatable bonds is 21. The van der Waals surface area contributed by atoms with Gasteiger partial charge in [0.25, 0.3) is 0 Å². The highest BCUT2D eigenvalue weighted by atomic mass is 16.5. The molecule has 3 rings (SSSR count). The van der Waals surface area contributed by atoms with Crippen LogP contribution >= 0.6 is 0 Å². The first-order chi connectivity index (χ1) is 18.7. The van der Waals surface area contributed by atoms with Crippen LogP contribution in [0.2, 0.25) is 0 Å². The fourth-order valence-corrected chi connectivity index (χ4v) is 5.36. The summed E-state index contributed by atoms with van der Waals surface area (Å²) in [5, 5.41) is 6.75. The van der Waals surface area contributed by atoms with Gasteiger partial charge in [-0.05, 0) is 55.0 Å². The van der Waals surface area contributed by atoms with Crippen LogP contribution in [-0.4, -0.2) is 25.1 Å². The number of hydrogen-bond donors (Lipinski definition) is 2. The zero-order chi connectivity index (χ0) is 26.7. The second-order valence-corrected chi connectivity index (χ2v) is 11.1. The van der Waals surface area contributed by atoms with Crippen molar-refractivity contribution in [1.82, 2.24) is 10.6 Å². The fraction of sp³-hybridized carbons (Fsp3) is 0.667. The van der Waals surface area contributed by atoms with Crippen molar-refractivity contribution in [1.29, 1.82) is 0 Å². The van der Waals surface area contributed by atoms with Crippen molar-refractivity contribution >= 4 is 5.91 Å². The van der Waals surface area contributed by atoms with Crippen molar-refractivity contribution < 1.29 is 13.9 Å². The van der Waals surface area contributed by atoms with Crippen LogP contribution in [0.1, 0.15) is 120 Å². The van der Waals surface area contributed by atoms with Gasteiger partial charge in [0, 0.05) is 19.0 Å². The molecule has 2 aromatic rings. The van der Waals surface area contributed by atoms with Gasteiger partial charge in [-0.2, -0.15) is 0 Å². The fourth-order valence-electron chi connectivity index (χ4n) is 5.36. The lowest BCUT2D eigenvalue weighted by molar-refractivity contribution is -0.121. The molecule has 1 unspecified atom stereocenters. The molecule has 0 radical (unpaired) electrons. The molecule has 0 bridgehead atoms. The zero-order valence-electron chi connectivity index (χ0n) is 23.9. The van der Waals surface area contributed by atoms with Crippen LogP contribution in [0, 0.1) is 0 Å². The molecule has 0 saturated carbocycles. The molecule has 1 aromatic carbocycles. The van der Waals surface area contributed by atoms with Gasteiger partial charge < -0.3 is 19.8 Å². The Kier molecular flexibility index (Phi) is 15.1. The van der Waals surface area contributed by atoms with Crippen LogP contribution in [0.4, 0.5) is 0 Å². The molecule has 0 spiro atoms. The summed E-state index contributed by atoms with van der Waals surface area (Å²) in [5.41, 5.74) is 2.50. The summed E-state index contributed by atoms with van der Waals surface area (Å²) in [6, 6.07) is 10.4. The maximum Gasteiger partial charge on any atom is 0.220 e. The average Bonchev–Trinajstić information content (AvgIpc) is 3.45. The van der Waals surface area contributed by atoms with Gasteiger partial charge in [0.1, 0.15) is 11.5 Å².